The Hall–Kier alpha value is -1.91. The zero-order valence-corrected chi connectivity index (χ0v) is 10.2. The van der Waals surface area contributed by atoms with Gasteiger partial charge in [0.15, 0.2) is 5.65 Å². The van der Waals surface area contributed by atoms with Crippen LogP contribution in [0.3, 0.4) is 0 Å². The Labute approximate surface area is 108 Å². The lowest BCUT2D eigenvalue weighted by molar-refractivity contribution is 0.283. The number of rotatable bonds is 2. The number of aliphatic hydroxyl groups is 1. The normalized spacial score (nSPS) is 11.0. The first kappa shape index (κ1) is 11.2. The Morgan fingerprint density at radius 2 is 2.00 bits per heavy atom. The van der Waals surface area contributed by atoms with E-state index in [4.69, 9.17) is 11.6 Å². The highest BCUT2D eigenvalue weighted by molar-refractivity contribution is 6.30. The first-order valence-corrected chi connectivity index (χ1v) is 5.87. The van der Waals surface area contributed by atoms with Crippen molar-refractivity contribution < 1.29 is 5.11 Å². The van der Waals surface area contributed by atoms with Crippen LogP contribution in [0.25, 0.3) is 16.9 Å². The Morgan fingerprint density at radius 3 is 2.72 bits per heavy atom. The van der Waals surface area contributed by atoms with Crippen molar-refractivity contribution in [1.29, 1.82) is 0 Å². The second-order valence-electron chi connectivity index (χ2n) is 3.89. The molecule has 2 heterocycles. The van der Waals surface area contributed by atoms with Gasteiger partial charge in [0.1, 0.15) is 5.15 Å². The zero-order chi connectivity index (χ0) is 12.5. The van der Waals surface area contributed by atoms with Gasteiger partial charge in [-0.1, -0.05) is 41.9 Å². The monoisotopic (exact) mass is 259 g/mol. The van der Waals surface area contributed by atoms with Gasteiger partial charge in [0.25, 0.3) is 0 Å². The maximum Gasteiger partial charge on any atom is 0.162 e. The van der Waals surface area contributed by atoms with Crippen LogP contribution < -0.4 is 0 Å². The summed E-state index contributed by atoms with van der Waals surface area (Å²) in [5, 5.41) is 13.8. The smallest absolute Gasteiger partial charge is 0.162 e. The van der Waals surface area contributed by atoms with E-state index in [-0.39, 0.29) is 6.61 Å². The number of nitrogens with zero attached hydrogens (tertiary/aromatic N) is 3. The quantitative estimate of drug-likeness (QED) is 0.720. The fourth-order valence-corrected chi connectivity index (χ4v) is 2.07. The second kappa shape index (κ2) is 4.40. The van der Waals surface area contributed by atoms with Crippen molar-refractivity contribution in [3.8, 4) is 11.3 Å². The van der Waals surface area contributed by atoms with E-state index in [1.54, 1.807) is 12.3 Å². The average molecular weight is 260 g/mol. The Balaban J connectivity index is 2.26. The summed E-state index contributed by atoms with van der Waals surface area (Å²) in [5.41, 5.74) is 2.99. The maximum atomic E-state index is 9.24. The van der Waals surface area contributed by atoms with Crippen molar-refractivity contribution in [1.82, 2.24) is 14.6 Å². The van der Waals surface area contributed by atoms with E-state index >= 15 is 0 Å². The van der Waals surface area contributed by atoms with Crippen LogP contribution in [0.2, 0.25) is 5.15 Å². The minimum atomic E-state index is -0.106. The van der Waals surface area contributed by atoms with Gasteiger partial charge >= 0.3 is 0 Å². The van der Waals surface area contributed by atoms with Gasteiger partial charge < -0.3 is 5.11 Å². The van der Waals surface area contributed by atoms with Crippen LogP contribution in [0.1, 0.15) is 5.56 Å². The summed E-state index contributed by atoms with van der Waals surface area (Å²) < 4.78 is 1.51. The summed E-state index contributed by atoms with van der Waals surface area (Å²) in [5.74, 6) is 0. The van der Waals surface area contributed by atoms with Crippen molar-refractivity contribution in [2.24, 2.45) is 0 Å². The van der Waals surface area contributed by atoms with E-state index in [1.165, 1.54) is 4.52 Å². The molecule has 3 rings (SSSR count). The first-order valence-electron chi connectivity index (χ1n) is 5.49. The minimum absolute atomic E-state index is 0.106. The standard InChI is InChI=1S/C13H10ClN3O/c14-12-6-11(9-4-2-1-3-5-9)16-13-10(8-18)7-15-17(12)13/h1-7,18H,8H2. The number of hydrogen-bond donors (Lipinski definition) is 1. The lowest BCUT2D eigenvalue weighted by Gasteiger charge is -2.04. The van der Waals surface area contributed by atoms with Crippen molar-refractivity contribution in [2.45, 2.75) is 6.61 Å². The minimum Gasteiger partial charge on any atom is -0.391 e. The molecule has 0 unspecified atom stereocenters. The molecule has 0 aliphatic heterocycles. The highest BCUT2D eigenvalue weighted by Gasteiger charge is 2.10. The van der Waals surface area contributed by atoms with E-state index < -0.39 is 0 Å². The highest BCUT2D eigenvalue weighted by Crippen LogP contribution is 2.23. The molecule has 5 heteroatoms. The molecule has 0 aliphatic rings. The summed E-state index contributed by atoms with van der Waals surface area (Å²) in [7, 11) is 0. The van der Waals surface area contributed by atoms with Gasteiger partial charge in [-0.25, -0.2) is 9.50 Å². The molecule has 0 atom stereocenters. The van der Waals surface area contributed by atoms with Gasteiger partial charge in [-0.15, -0.1) is 0 Å². The fourth-order valence-electron chi connectivity index (χ4n) is 1.84. The maximum absolute atomic E-state index is 9.24. The number of benzene rings is 1. The summed E-state index contributed by atoms with van der Waals surface area (Å²) in [6.07, 6.45) is 1.57. The van der Waals surface area contributed by atoms with Gasteiger partial charge in [-0.3, -0.25) is 0 Å². The van der Waals surface area contributed by atoms with Gasteiger partial charge in [-0.05, 0) is 0 Å². The predicted octanol–water partition coefficient (Wildman–Crippen LogP) is 2.54. The van der Waals surface area contributed by atoms with Crippen molar-refractivity contribution >= 4 is 17.2 Å². The van der Waals surface area contributed by atoms with E-state index in [0.717, 1.165) is 11.3 Å². The molecular formula is C13H10ClN3O. The Bertz CT molecular complexity index is 694. The molecule has 90 valence electrons. The van der Waals surface area contributed by atoms with Crippen molar-refractivity contribution in [2.75, 3.05) is 0 Å². The highest BCUT2D eigenvalue weighted by atomic mass is 35.5. The fraction of sp³-hybridized carbons (Fsp3) is 0.0769. The molecule has 2 aromatic heterocycles. The first-order chi connectivity index (χ1) is 8.79. The molecule has 4 nitrogen and oxygen atoms in total. The lowest BCUT2D eigenvalue weighted by atomic mass is 10.1. The second-order valence-corrected chi connectivity index (χ2v) is 4.28. The molecule has 0 radical (unpaired) electrons. The molecule has 0 spiro atoms. The van der Waals surface area contributed by atoms with Gasteiger partial charge in [0.2, 0.25) is 0 Å². The summed E-state index contributed by atoms with van der Waals surface area (Å²) >= 11 is 6.16. The van der Waals surface area contributed by atoms with Crippen LogP contribution in [-0.4, -0.2) is 19.7 Å². The molecule has 18 heavy (non-hydrogen) atoms. The molecule has 0 aliphatic carbocycles. The Morgan fingerprint density at radius 1 is 1.22 bits per heavy atom. The van der Waals surface area contributed by atoms with Crippen molar-refractivity contribution in [3.63, 3.8) is 0 Å². The third kappa shape index (κ3) is 1.75. The molecule has 1 N–H and O–H groups in total. The molecule has 3 aromatic rings. The molecule has 0 saturated carbocycles. The third-order valence-corrected chi connectivity index (χ3v) is 3.01. The Kier molecular flexibility index (Phi) is 2.74. The lowest BCUT2D eigenvalue weighted by Crippen LogP contribution is -1.96. The largest absolute Gasteiger partial charge is 0.391 e. The number of halogens is 1. The van der Waals surface area contributed by atoms with Gasteiger partial charge in [0.05, 0.1) is 18.5 Å². The van der Waals surface area contributed by atoms with Crippen LogP contribution in [-0.2, 0) is 6.61 Å². The number of aliphatic hydroxyl groups excluding tert-OH is 1. The topological polar surface area (TPSA) is 50.4 Å². The molecule has 0 amide bonds. The number of aromatic nitrogens is 3. The van der Waals surface area contributed by atoms with Crippen LogP contribution >= 0.6 is 11.6 Å². The zero-order valence-electron chi connectivity index (χ0n) is 9.42. The van der Waals surface area contributed by atoms with E-state index in [0.29, 0.717) is 16.4 Å². The van der Waals surface area contributed by atoms with Crippen LogP contribution in [0, 0.1) is 0 Å². The van der Waals surface area contributed by atoms with E-state index in [9.17, 15) is 5.11 Å². The van der Waals surface area contributed by atoms with Gasteiger partial charge in [-0.2, -0.15) is 5.10 Å². The number of hydrogen-bond acceptors (Lipinski definition) is 3. The van der Waals surface area contributed by atoms with Crippen LogP contribution in [0.15, 0.2) is 42.6 Å². The molecule has 0 bridgehead atoms. The molecule has 0 fully saturated rings. The van der Waals surface area contributed by atoms with E-state index in [2.05, 4.69) is 10.1 Å². The SMILES string of the molecule is OCc1cnn2c(Cl)cc(-c3ccccc3)nc12. The molecule has 1 aromatic carbocycles. The predicted molar refractivity (Wildman–Crippen MR) is 69.4 cm³/mol. The van der Waals surface area contributed by atoms with Crippen molar-refractivity contribution in [3.05, 3.63) is 53.3 Å². The van der Waals surface area contributed by atoms with Gasteiger partial charge in [0, 0.05) is 17.2 Å². The van der Waals surface area contributed by atoms with Crippen LogP contribution in [0.4, 0.5) is 0 Å². The van der Waals surface area contributed by atoms with E-state index in [1.807, 2.05) is 30.3 Å². The number of fused-ring (bicyclic) bond motifs is 1. The third-order valence-electron chi connectivity index (χ3n) is 2.74. The van der Waals surface area contributed by atoms with Crippen LogP contribution in [0.5, 0.6) is 0 Å². The summed E-state index contributed by atoms with van der Waals surface area (Å²) in [6.45, 7) is -0.106. The average Bonchev–Trinajstić information content (AvgIpc) is 2.83. The summed E-state index contributed by atoms with van der Waals surface area (Å²) in [4.78, 5) is 4.49. The molecule has 0 saturated heterocycles. The molecular weight excluding hydrogens is 250 g/mol. The summed E-state index contributed by atoms with van der Waals surface area (Å²) in [6, 6.07) is 11.5.